The zero-order valence-corrected chi connectivity index (χ0v) is 17.2. The molecular weight excluding hydrogens is 388 g/mol. The number of halogens is 1. The number of anilines is 3. The Kier molecular flexibility index (Phi) is 7.03. The highest BCUT2D eigenvalue weighted by molar-refractivity contribution is 6.32. The number of rotatable bonds is 8. The third kappa shape index (κ3) is 6.47. The van der Waals surface area contributed by atoms with Crippen LogP contribution in [0.25, 0.3) is 0 Å². The van der Waals surface area contributed by atoms with Crippen LogP contribution in [0.3, 0.4) is 0 Å². The lowest BCUT2D eigenvalue weighted by Gasteiger charge is -2.10. The Morgan fingerprint density at radius 1 is 1.00 bits per heavy atom. The Balaban J connectivity index is 1.49. The van der Waals surface area contributed by atoms with E-state index < -0.39 is 0 Å². The molecule has 1 heterocycles. The molecule has 0 fully saturated rings. The second kappa shape index (κ2) is 9.89. The van der Waals surface area contributed by atoms with Crippen molar-refractivity contribution in [3.8, 4) is 5.75 Å². The van der Waals surface area contributed by atoms with Gasteiger partial charge in [0.2, 0.25) is 11.9 Å². The van der Waals surface area contributed by atoms with E-state index in [9.17, 15) is 4.79 Å². The first kappa shape index (κ1) is 20.6. The summed E-state index contributed by atoms with van der Waals surface area (Å²) in [4.78, 5) is 20.9. The van der Waals surface area contributed by atoms with Crippen molar-refractivity contribution in [1.29, 1.82) is 0 Å². The van der Waals surface area contributed by atoms with Crippen LogP contribution in [0.15, 0.2) is 54.6 Å². The van der Waals surface area contributed by atoms with Gasteiger partial charge in [0.05, 0.1) is 11.6 Å². The van der Waals surface area contributed by atoms with E-state index in [0.717, 1.165) is 17.1 Å². The van der Waals surface area contributed by atoms with Crippen molar-refractivity contribution in [3.05, 3.63) is 71.0 Å². The molecule has 0 spiro atoms. The Bertz CT molecular complexity index is 974. The predicted octanol–water partition coefficient (Wildman–Crippen LogP) is 5.29. The minimum absolute atomic E-state index is 0.0763. The fourth-order valence-electron chi connectivity index (χ4n) is 2.79. The van der Waals surface area contributed by atoms with Crippen LogP contribution in [0.5, 0.6) is 5.75 Å². The molecule has 1 amide bonds. The smallest absolute Gasteiger partial charge is 0.227 e. The van der Waals surface area contributed by atoms with Crippen LogP contribution in [-0.4, -0.2) is 22.5 Å². The Hall–Kier alpha value is -3.12. The number of benzene rings is 2. The molecule has 0 aliphatic carbocycles. The van der Waals surface area contributed by atoms with Crippen LogP contribution in [0.1, 0.15) is 24.2 Å². The highest BCUT2D eigenvalue weighted by Crippen LogP contribution is 2.23. The van der Waals surface area contributed by atoms with E-state index in [1.165, 1.54) is 0 Å². The zero-order valence-electron chi connectivity index (χ0n) is 16.4. The van der Waals surface area contributed by atoms with Gasteiger partial charge in [0.1, 0.15) is 5.75 Å². The number of amides is 1. The topological polar surface area (TPSA) is 76.1 Å². The van der Waals surface area contributed by atoms with Gasteiger partial charge in [-0.2, -0.15) is 0 Å². The molecule has 0 aliphatic heterocycles. The van der Waals surface area contributed by atoms with Crippen molar-refractivity contribution in [1.82, 2.24) is 9.97 Å². The third-order valence-electron chi connectivity index (χ3n) is 4.03. The van der Waals surface area contributed by atoms with Crippen molar-refractivity contribution in [3.63, 3.8) is 0 Å². The van der Waals surface area contributed by atoms with Crippen molar-refractivity contribution in [2.75, 3.05) is 17.2 Å². The predicted molar refractivity (Wildman–Crippen MR) is 116 cm³/mol. The van der Waals surface area contributed by atoms with Gasteiger partial charge in [0.15, 0.2) is 0 Å². The molecule has 0 unspecified atom stereocenters. The number of nitrogens with zero attached hydrogens (tertiary/aromatic N) is 2. The first-order valence-electron chi connectivity index (χ1n) is 9.36. The summed E-state index contributed by atoms with van der Waals surface area (Å²) < 4.78 is 5.61. The molecule has 0 radical (unpaired) electrons. The van der Waals surface area contributed by atoms with Gasteiger partial charge in [0, 0.05) is 29.2 Å². The Morgan fingerprint density at radius 3 is 2.48 bits per heavy atom. The average molecular weight is 411 g/mol. The molecule has 7 heteroatoms. The lowest BCUT2D eigenvalue weighted by molar-refractivity contribution is -0.116. The van der Waals surface area contributed by atoms with E-state index in [-0.39, 0.29) is 5.91 Å². The number of aryl methyl sites for hydroxylation is 2. The van der Waals surface area contributed by atoms with Crippen LogP contribution >= 0.6 is 11.6 Å². The lowest BCUT2D eigenvalue weighted by atomic mass is 10.2. The van der Waals surface area contributed by atoms with Gasteiger partial charge < -0.3 is 15.4 Å². The molecule has 6 nitrogen and oxygen atoms in total. The van der Waals surface area contributed by atoms with Crippen LogP contribution in [0.4, 0.5) is 17.3 Å². The second-order valence-electron chi connectivity index (χ2n) is 6.61. The van der Waals surface area contributed by atoms with E-state index >= 15 is 0 Å². The summed E-state index contributed by atoms with van der Waals surface area (Å²) in [5.41, 5.74) is 3.29. The molecule has 2 aromatic carbocycles. The molecule has 0 saturated carbocycles. The largest absolute Gasteiger partial charge is 0.492 e. The quantitative estimate of drug-likeness (QED) is 0.493. The van der Waals surface area contributed by atoms with Crippen LogP contribution in [0.2, 0.25) is 5.02 Å². The molecular formula is C22H23ClN4O2. The highest BCUT2D eigenvalue weighted by Gasteiger charge is 2.06. The fourth-order valence-corrected chi connectivity index (χ4v) is 2.98. The van der Waals surface area contributed by atoms with Gasteiger partial charge >= 0.3 is 0 Å². The molecule has 0 aliphatic rings. The number of carbonyl (C=O) groups is 1. The number of para-hydroxylation sites is 1. The maximum Gasteiger partial charge on any atom is 0.227 e. The number of aromatic nitrogens is 2. The second-order valence-corrected chi connectivity index (χ2v) is 7.02. The standard InChI is InChI=1S/C22H23ClN4O2/c1-15-13-16(2)25-22(24-15)27-18-8-5-7-17(14-18)26-21(28)11-6-12-29-20-10-4-3-9-19(20)23/h3-5,7-10,13-14H,6,11-12H2,1-2H3,(H,26,28)(H,24,25,27). The Labute approximate surface area is 175 Å². The summed E-state index contributed by atoms with van der Waals surface area (Å²) in [6.45, 7) is 4.26. The van der Waals surface area contributed by atoms with Crippen LogP contribution in [-0.2, 0) is 4.79 Å². The van der Waals surface area contributed by atoms with Crippen LogP contribution in [0, 0.1) is 13.8 Å². The van der Waals surface area contributed by atoms with Gasteiger partial charge in [-0.15, -0.1) is 0 Å². The van der Waals surface area contributed by atoms with E-state index in [0.29, 0.717) is 41.9 Å². The summed E-state index contributed by atoms with van der Waals surface area (Å²) in [5.74, 6) is 1.08. The molecule has 0 saturated heterocycles. The zero-order chi connectivity index (χ0) is 20.6. The average Bonchev–Trinajstić information content (AvgIpc) is 2.66. The fraction of sp³-hybridized carbons (Fsp3) is 0.227. The molecule has 150 valence electrons. The van der Waals surface area contributed by atoms with E-state index in [1.807, 2.05) is 56.3 Å². The summed E-state index contributed by atoms with van der Waals surface area (Å²) in [6, 6.07) is 16.6. The number of nitrogens with one attached hydrogen (secondary N) is 2. The summed E-state index contributed by atoms with van der Waals surface area (Å²) in [7, 11) is 0. The van der Waals surface area contributed by atoms with Gasteiger partial charge in [-0.05, 0) is 56.7 Å². The van der Waals surface area contributed by atoms with Gasteiger partial charge in [-0.1, -0.05) is 29.8 Å². The van der Waals surface area contributed by atoms with Gasteiger partial charge in [0.25, 0.3) is 0 Å². The SMILES string of the molecule is Cc1cc(C)nc(Nc2cccc(NC(=O)CCCOc3ccccc3Cl)c2)n1. The van der Waals surface area contributed by atoms with Crippen molar-refractivity contribution in [2.24, 2.45) is 0 Å². The molecule has 0 atom stereocenters. The van der Waals surface area contributed by atoms with Crippen molar-refractivity contribution < 1.29 is 9.53 Å². The molecule has 29 heavy (non-hydrogen) atoms. The molecule has 2 N–H and O–H groups in total. The van der Waals surface area contributed by atoms with Crippen LogP contribution < -0.4 is 15.4 Å². The van der Waals surface area contributed by atoms with E-state index in [1.54, 1.807) is 12.1 Å². The third-order valence-corrected chi connectivity index (χ3v) is 4.34. The molecule has 0 bridgehead atoms. The van der Waals surface area contributed by atoms with Gasteiger partial charge in [-0.25, -0.2) is 9.97 Å². The van der Waals surface area contributed by atoms with E-state index in [4.69, 9.17) is 16.3 Å². The van der Waals surface area contributed by atoms with Gasteiger partial charge in [-0.3, -0.25) is 4.79 Å². The lowest BCUT2D eigenvalue weighted by Crippen LogP contribution is -2.13. The molecule has 1 aromatic heterocycles. The minimum atomic E-state index is -0.0763. The molecule has 3 aromatic rings. The summed E-state index contributed by atoms with van der Waals surface area (Å²) in [6.07, 6.45) is 0.938. The monoisotopic (exact) mass is 410 g/mol. The first-order chi connectivity index (χ1) is 14.0. The first-order valence-corrected chi connectivity index (χ1v) is 9.74. The highest BCUT2D eigenvalue weighted by atomic mass is 35.5. The number of hydrogen-bond acceptors (Lipinski definition) is 5. The maximum absolute atomic E-state index is 12.2. The summed E-state index contributed by atoms with van der Waals surface area (Å²) >= 11 is 6.04. The van der Waals surface area contributed by atoms with Crippen molar-refractivity contribution in [2.45, 2.75) is 26.7 Å². The maximum atomic E-state index is 12.2. The number of carbonyl (C=O) groups excluding carboxylic acids is 1. The summed E-state index contributed by atoms with van der Waals surface area (Å²) in [5, 5.41) is 6.63. The number of hydrogen-bond donors (Lipinski definition) is 2. The van der Waals surface area contributed by atoms with Crippen molar-refractivity contribution >= 4 is 34.8 Å². The normalized spacial score (nSPS) is 10.4. The molecule has 3 rings (SSSR count). The minimum Gasteiger partial charge on any atom is -0.492 e. The number of ether oxygens (including phenoxy) is 1. The Morgan fingerprint density at radius 2 is 1.72 bits per heavy atom. The van der Waals surface area contributed by atoms with E-state index in [2.05, 4.69) is 20.6 Å².